The molecule has 7 heteroatoms. The lowest BCUT2D eigenvalue weighted by atomic mass is 10.1. The first-order valence-electron chi connectivity index (χ1n) is 6.31. The van der Waals surface area contributed by atoms with Gasteiger partial charge in [-0.1, -0.05) is 12.1 Å². The van der Waals surface area contributed by atoms with Crippen LogP contribution in [0.1, 0.15) is 6.42 Å². The van der Waals surface area contributed by atoms with Crippen molar-refractivity contribution in [1.82, 2.24) is 5.32 Å². The minimum atomic E-state index is -2.94. The van der Waals surface area contributed by atoms with E-state index in [2.05, 4.69) is 5.32 Å². The fraction of sp³-hybridized carbons (Fsp3) is 0.462. The molecule has 1 aromatic rings. The summed E-state index contributed by atoms with van der Waals surface area (Å²) in [4.78, 5) is 11.5. The summed E-state index contributed by atoms with van der Waals surface area (Å²) in [7, 11) is -2.94. The summed E-state index contributed by atoms with van der Waals surface area (Å²) in [5, 5.41) is 2.60. The molecule has 1 aromatic carbocycles. The van der Waals surface area contributed by atoms with Crippen LogP contribution in [0.3, 0.4) is 0 Å². The third-order valence-corrected chi connectivity index (χ3v) is 4.95. The molecule has 1 aliphatic heterocycles. The van der Waals surface area contributed by atoms with E-state index in [1.807, 2.05) is 0 Å². The number of sulfone groups is 1. The standard InChI is InChI=1S/C13H16FNO4S/c14-11-3-1-2-4-12(11)19-8-13(16)15-7-10-5-6-20(17,18)9-10/h1-4,10H,5-9H2,(H,15,16). The molecule has 1 fully saturated rings. The monoisotopic (exact) mass is 301 g/mol. The zero-order valence-corrected chi connectivity index (χ0v) is 11.7. The predicted molar refractivity (Wildman–Crippen MR) is 71.7 cm³/mol. The molecule has 1 N–H and O–H groups in total. The average Bonchev–Trinajstić information content (AvgIpc) is 2.75. The first kappa shape index (κ1) is 14.8. The number of hydrogen-bond acceptors (Lipinski definition) is 4. The van der Waals surface area contributed by atoms with E-state index in [9.17, 15) is 17.6 Å². The number of halogens is 1. The quantitative estimate of drug-likeness (QED) is 0.871. The first-order chi connectivity index (χ1) is 9.46. The van der Waals surface area contributed by atoms with Crippen molar-refractivity contribution < 1.29 is 22.3 Å². The zero-order valence-electron chi connectivity index (χ0n) is 10.8. The Labute approximate surface area is 117 Å². The van der Waals surface area contributed by atoms with Crippen molar-refractivity contribution in [3.63, 3.8) is 0 Å². The molecule has 1 amide bonds. The molecule has 1 atom stereocenters. The lowest BCUT2D eigenvalue weighted by molar-refractivity contribution is -0.123. The highest BCUT2D eigenvalue weighted by Gasteiger charge is 2.27. The Kier molecular flexibility index (Phi) is 4.59. The smallest absolute Gasteiger partial charge is 0.257 e. The summed E-state index contributed by atoms with van der Waals surface area (Å²) in [5.74, 6) is -0.649. The number of carbonyl (C=O) groups excluding carboxylic acids is 1. The van der Waals surface area contributed by atoms with Crippen molar-refractivity contribution in [2.75, 3.05) is 24.7 Å². The maximum Gasteiger partial charge on any atom is 0.257 e. The van der Waals surface area contributed by atoms with E-state index in [4.69, 9.17) is 4.74 Å². The van der Waals surface area contributed by atoms with Gasteiger partial charge in [0.25, 0.3) is 5.91 Å². The predicted octanol–water partition coefficient (Wildman–Crippen LogP) is 0.755. The molecule has 1 unspecified atom stereocenters. The summed E-state index contributed by atoms with van der Waals surface area (Å²) < 4.78 is 40.8. The SMILES string of the molecule is O=C(COc1ccccc1F)NCC1CCS(=O)(=O)C1. The van der Waals surface area contributed by atoms with Gasteiger partial charge in [0.2, 0.25) is 0 Å². The van der Waals surface area contributed by atoms with Crippen LogP contribution in [-0.2, 0) is 14.6 Å². The normalized spacial score (nSPS) is 20.6. The second-order valence-electron chi connectivity index (χ2n) is 4.79. The molecule has 2 rings (SSSR count). The molecular formula is C13H16FNO4S. The van der Waals surface area contributed by atoms with Gasteiger partial charge in [-0.2, -0.15) is 0 Å². The topological polar surface area (TPSA) is 72.5 Å². The number of benzene rings is 1. The fourth-order valence-electron chi connectivity index (χ4n) is 2.05. The maximum absolute atomic E-state index is 13.2. The van der Waals surface area contributed by atoms with Crippen LogP contribution in [0.5, 0.6) is 5.75 Å². The van der Waals surface area contributed by atoms with Crippen molar-refractivity contribution in [1.29, 1.82) is 0 Å². The highest BCUT2D eigenvalue weighted by Crippen LogP contribution is 2.17. The largest absolute Gasteiger partial charge is 0.481 e. The molecule has 1 heterocycles. The number of nitrogens with one attached hydrogen (secondary N) is 1. The third kappa shape index (κ3) is 4.19. The second kappa shape index (κ2) is 6.21. The van der Waals surface area contributed by atoms with Gasteiger partial charge in [0.05, 0.1) is 11.5 Å². The molecule has 110 valence electrons. The third-order valence-electron chi connectivity index (χ3n) is 3.11. The van der Waals surface area contributed by atoms with Crippen LogP contribution in [0.2, 0.25) is 0 Å². The second-order valence-corrected chi connectivity index (χ2v) is 7.02. The summed E-state index contributed by atoms with van der Waals surface area (Å²) in [6.45, 7) is 0.0130. The van der Waals surface area contributed by atoms with Gasteiger partial charge in [-0.05, 0) is 24.5 Å². The van der Waals surface area contributed by atoms with Gasteiger partial charge in [-0.15, -0.1) is 0 Å². The lowest BCUT2D eigenvalue weighted by Gasteiger charge is -2.10. The van der Waals surface area contributed by atoms with Gasteiger partial charge in [-0.25, -0.2) is 12.8 Å². The van der Waals surface area contributed by atoms with E-state index in [0.717, 1.165) is 0 Å². The van der Waals surface area contributed by atoms with Crippen molar-refractivity contribution in [3.05, 3.63) is 30.1 Å². The molecule has 1 saturated heterocycles. The molecular weight excluding hydrogens is 285 g/mol. The number of rotatable bonds is 5. The van der Waals surface area contributed by atoms with E-state index in [1.165, 1.54) is 18.2 Å². The number of amides is 1. The molecule has 0 saturated carbocycles. The number of carbonyl (C=O) groups is 1. The van der Waals surface area contributed by atoms with Crippen molar-refractivity contribution >= 4 is 15.7 Å². The Hall–Kier alpha value is -1.63. The Balaban J connectivity index is 1.73. The van der Waals surface area contributed by atoms with Crippen molar-refractivity contribution in [2.24, 2.45) is 5.92 Å². The fourth-order valence-corrected chi connectivity index (χ4v) is 3.91. The summed E-state index contributed by atoms with van der Waals surface area (Å²) in [5.41, 5.74) is 0. The van der Waals surface area contributed by atoms with Gasteiger partial charge in [-0.3, -0.25) is 4.79 Å². The van der Waals surface area contributed by atoms with E-state index < -0.39 is 21.6 Å². The average molecular weight is 301 g/mol. The Bertz CT molecular complexity index is 588. The number of ether oxygens (including phenoxy) is 1. The Morgan fingerprint density at radius 2 is 2.15 bits per heavy atom. The molecule has 20 heavy (non-hydrogen) atoms. The molecule has 0 aromatic heterocycles. The highest BCUT2D eigenvalue weighted by molar-refractivity contribution is 7.91. The van der Waals surface area contributed by atoms with Crippen LogP contribution in [0.15, 0.2) is 24.3 Å². The zero-order chi connectivity index (χ0) is 14.6. The van der Waals surface area contributed by atoms with Crippen LogP contribution < -0.4 is 10.1 Å². The molecule has 0 aliphatic carbocycles. The lowest BCUT2D eigenvalue weighted by Crippen LogP contribution is -2.33. The van der Waals surface area contributed by atoms with Crippen molar-refractivity contribution in [2.45, 2.75) is 6.42 Å². The number of hydrogen-bond donors (Lipinski definition) is 1. The van der Waals surface area contributed by atoms with Gasteiger partial charge < -0.3 is 10.1 Å². The van der Waals surface area contributed by atoms with E-state index in [-0.39, 0.29) is 29.8 Å². The van der Waals surface area contributed by atoms with E-state index in [1.54, 1.807) is 6.07 Å². The molecule has 0 radical (unpaired) electrons. The maximum atomic E-state index is 13.2. The van der Waals surface area contributed by atoms with Gasteiger partial charge in [0.15, 0.2) is 28.0 Å². The molecule has 0 spiro atoms. The Morgan fingerprint density at radius 3 is 2.80 bits per heavy atom. The molecule has 1 aliphatic rings. The molecule has 5 nitrogen and oxygen atoms in total. The minimum absolute atomic E-state index is 0.0195. The van der Waals surface area contributed by atoms with Gasteiger partial charge in [0.1, 0.15) is 0 Å². The Morgan fingerprint density at radius 1 is 1.40 bits per heavy atom. The van der Waals surface area contributed by atoms with Crippen LogP contribution in [0, 0.1) is 11.7 Å². The minimum Gasteiger partial charge on any atom is -0.481 e. The molecule has 0 bridgehead atoms. The van der Waals surface area contributed by atoms with Crippen LogP contribution in [-0.4, -0.2) is 39.0 Å². The van der Waals surface area contributed by atoms with Crippen LogP contribution in [0.4, 0.5) is 4.39 Å². The number of para-hydroxylation sites is 1. The van der Waals surface area contributed by atoms with E-state index >= 15 is 0 Å². The van der Waals surface area contributed by atoms with Gasteiger partial charge in [0, 0.05) is 6.54 Å². The summed E-state index contributed by atoms with van der Waals surface area (Å²) in [6.07, 6.45) is 0.566. The van der Waals surface area contributed by atoms with Crippen molar-refractivity contribution in [3.8, 4) is 5.75 Å². The van der Waals surface area contributed by atoms with Gasteiger partial charge >= 0.3 is 0 Å². The van der Waals surface area contributed by atoms with Crippen LogP contribution >= 0.6 is 0 Å². The summed E-state index contributed by atoms with van der Waals surface area (Å²) in [6, 6.07) is 5.82. The summed E-state index contributed by atoms with van der Waals surface area (Å²) >= 11 is 0. The van der Waals surface area contributed by atoms with Crippen LogP contribution in [0.25, 0.3) is 0 Å². The first-order valence-corrected chi connectivity index (χ1v) is 8.13. The highest BCUT2D eigenvalue weighted by atomic mass is 32.2. The van der Waals surface area contributed by atoms with E-state index in [0.29, 0.717) is 13.0 Å².